The molecule has 0 saturated carbocycles. The quantitative estimate of drug-likeness (QED) is 0.849. The van der Waals surface area contributed by atoms with Crippen molar-refractivity contribution in [1.82, 2.24) is 14.9 Å². The van der Waals surface area contributed by atoms with E-state index in [-0.39, 0.29) is 12.5 Å². The Morgan fingerprint density at radius 2 is 2.33 bits per heavy atom. The molecule has 0 aliphatic carbocycles. The fourth-order valence-electron chi connectivity index (χ4n) is 1.71. The SMILES string of the molecule is CN(Cc1ccc[nH]1)C(=O)c1ccnc(CO)c1. The lowest BCUT2D eigenvalue weighted by Crippen LogP contribution is -2.26. The van der Waals surface area contributed by atoms with E-state index >= 15 is 0 Å². The molecule has 0 aromatic carbocycles. The van der Waals surface area contributed by atoms with Gasteiger partial charge in [0.1, 0.15) is 0 Å². The molecule has 0 saturated heterocycles. The number of pyridine rings is 1. The van der Waals surface area contributed by atoms with Gasteiger partial charge in [0.2, 0.25) is 0 Å². The predicted octanol–water partition coefficient (Wildman–Crippen LogP) is 1.17. The number of nitrogens with one attached hydrogen (secondary N) is 1. The van der Waals surface area contributed by atoms with Gasteiger partial charge in [-0.25, -0.2) is 0 Å². The van der Waals surface area contributed by atoms with Gasteiger partial charge < -0.3 is 15.0 Å². The van der Waals surface area contributed by atoms with Gasteiger partial charge in [-0.1, -0.05) is 0 Å². The number of hydrogen-bond donors (Lipinski definition) is 2. The summed E-state index contributed by atoms with van der Waals surface area (Å²) in [5.74, 6) is -0.0956. The maximum Gasteiger partial charge on any atom is 0.254 e. The van der Waals surface area contributed by atoms with E-state index in [1.165, 1.54) is 6.20 Å². The van der Waals surface area contributed by atoms with Crippen molar-refractivity contribution in [2.75, 3.05) is 7.05 Å². The van der Waals surface area contributed by atoms with Crippen LogP contribution in [-0.2, 0) is 13.2 Å². The Morgan fingerprint density at radius 3 is 3.00 bits per heavy atom. The second-order valence-electron chi connectivity index (χ2n) is 4.05. The summed E-state index contributed by atoms with van der Waals surface area (Å²) in [6.07, 6.45) is 3.35. The number of nitrogens with zero attached hydrogens (tertiary/aromatic N) is 2. The summed E-state index contributed by atoms with van der Waals surface area (Å²) >= 11 is 0. The van der Waals surface area contributed by atoms with E-state index in [4.69, 9.17) is 5.11 Å². The molecule has 1 amide bonds. The van der Waals surface area contributed by atoms with Crippen LogP contribution in [0.15, 0.2) is 36.7 Å². The predicted molar refractivity (Wildman–Crippen MR) is 66.8 cm³/mol. The molecule has 5 nitrogen and oxygen atoms in total. The number of aliphatic hydroxyl groups is 1. The highest BCUT2D eigenvalue weighted by atomic mass is 16.3. The van der Waals surface area contributed by atoms with E-state index in [1.807, 2.05) is 18.3 Å². The number of aromatic nitrogens is 2. The Morgan fingerprint density at radius 1 is 1.50 bits per heavy atom. The monoisotopic (exact) mass is 245 g/mol. The third-order valence-corrected chi connectivity index (χ3v) is 2.64. The molecule has 2 N–H and O–H groups in total. The van der Waals surface area contributed by atoms with Crippen molar-refractivity contribution in [3.8, 4) is 0 Å². The molecule has 0 radical (unpaired) electrons. The van der Waals surface area contributed by atoms with E-state index in [9.17, 15) is 4.79 Å². The second-order valence-corrected chi connectivity index (χ2v) is 4.05. The highest BCUT2D eigenvalue weighted by Crippen LogP contribution is 2.08. The normalized spacial score (nSPS) is 10.3. The van der Waals surface area contributed by atoms with Crippen molar-refractivity contribution in [2.24, 2.45) is 0 Å². The molecule has 0 atom stereocenters. The number of amides is 1. The Hall–Kier alpha value is -2.14. The second kappa shape index (κ2) is 5.46. The first-order chi connectivity index (χ1) is 8.70. The van der Waals surface area contributed by atoms with Crippen LogP contribution in [0, 0.1) is 0 Å². The highest BCUT2D eigenvalue weighted by Gasteiger charge is 2.12. The van der Waals surface area contributed by atoms with Crippen molar-refractivity contribution < 1.29 is 9.90 Å². The van der Waals surface area contributed by atoms with E-state index < -0.39 is 0 Å². The fourth-order valence-corrected chi connectivity index (χ4v) is 1.71. The number of carbonyl (C=O) groups is 1. The van der Waals surface area contributed by atoms with E-state index in [2.05, 4.69) is 9.97 Å². The summed E-state index contributed by atoms with van der Waals surface area (Å²) in [5, 5.41) is 9.00. The van der Waals surface area contributed by atoms with Gasteiger partial charge in [-0.2, -0.15) is 0 Å². The standard InChI is InChI=1S/C13H15N3O2/c1-16(8-11-3-2-5-14-11)13(18)10-4-6-15-12(7-10)9-17/h2-7,14,17H,8-9H2,1H3. The Balaban J connectivity index is 2.10. The molecule has 0 bridgehead atoms. The molecule has 0 unspecified atom stereocenters. The summed E-state index contributed by atoms with van der Waals surface area (Å²) in [5.41, 5.74) is 2.00. The van der Waals surface area contributed by atoms with Crippen molar-refractivity contribution in [1.29, 1.82) is 0 Å². The maximum atomic E-state index is 12.1. The van der Waals surface area contributed by atoms with Crippen LogP contribution in [0.3, 0.4) is 0 Å². The molecular formula is C13H15N3O2. The molecule has 0 aliphatic heterocycles. The topological polar surface area (TPSA) is 69.2 Å². The van der Waals surface area contributed by atoms with Gasteiger partial charge in [-0.15, -0.1) is 0 Å². The van der Waals surface area contributed by atoms with Gasteiger partial charge in [0.25, 0.3) is 5.91 Å². The highest BCUT2D eigenvalue weighted by molar-refractivity contribution is 5.94. The number of rotatable bonds is 4. The minimum Gasteiger partial charge on any atom is -0.390 e. The lowest BCUT2D eigenvalue weighted by Gasteiger charge is -2.16. The van der Waals surface area contributed by atoms with Gasteiger partial charge >= 0.3 is 0 Å². The van der Waals surface area contributed by atoms with Gasteiger partial charge in [0.05, 0.1) is 18.8 Å². The van der Waals surface area contributed by atoms with Crippen LogP contribution in [-0.4, -0.2) is 32.9 Å². The van der Waals surface area contributed by atoms with Gasteiger partial charge in [-0.3, -0.25) is 9.78 Å². The summed E-state index contributed by atoms with van der Waals surface area (Å²) in [7, 11) is 1.74. The minimum absolute atomic E-state index is 0.0956. The smallest absolute Gasteiger partial charge is 0.254 e. The molecule has 2 aromatic heterocycles. The summed E-state index contributed by atoms with van der Waals surface area (Å²) in [6, 6.07) is 7.07. The fraction of sp³-hybridized carbons (Fsp3) is 0.231. The van der Waals surface area contributed by atoms with Crippen LogP contribution in [0.25, 0.3) is 0 Å². The molecule has 0 fully saturated rings. The van der Waals surface area contributed by atoms with Crippen LogP contribution < -0.4 is 0 Å². The van der Waals surface area contributed by atoms with Crippen molar-refractivity contribution in [3.63, 3.8) is 0 Å². The van der Waals surface area contributed by atoms with E-state index in [1.54, 1.807) is 24.1 Å². The number of H-pyrrole nitrogens is 1. The van der Waals surface area contributed by atoms with Gasteiger partial charge in [-0.05, 0) is 24.3 Å². The molecular weight excluding hydrogens is 230 g/mol. The van der Waals surface area contributed by atoms with Gasteiger partial charge in [0, 0.05) is 30.7 Å². The number of aromatic amines is 1. The molecule has 94 valence electrons. The summed E-state index contributed by atoms with van der Waals surface area (Å²) in [6.45, 7) is 0.351. The first-order valence-corrected chi connectivity index (χ1v) is 5.64. The average Bonchev–Trinajstić information content (AvgIpc) is 2.90. The largest absolute Gasteiger partial charge is 0.390 e. The van der Waals surface area contributed by atoms with Crippen LogP contribution in [0.5, 0.6) is 0 Å². The summed E-state index contributed by atoms with van der Waals surface area (Å²) in [4.78, 5) is 20.8. The average molecular weight is 245 g/mol. The van der Waals surface area contributed by atoms with Crippen LogP contribution in [0.2, 0.25) is 0 Å². The molecule has 0 spiro atoms. The number of hydrogen-bond acceptors (Lipinski definition) is 3. The van der Waals surface area contributed by atoms with Gasteiger partial charge in [0.15, 0.2) is 0 Å². The third kappa shape index (κ3) is 2.75. The Bertz CT molecular complexity index is 523. The van der Waals surface area contributed by atoms with Crippen LogP contribution >= 0.6 is 0 Å². The number of aliphatic hydroxyl groups excluding tert-OH is 1. The van der Waals surface area contributed by atoms with Crippen molar-refractivity contribution >= 4 is 5.91 Å². The lowest BCUT2D eigenvalue weighted by molar-refractivity contribution is 0.0783. The van der Waals surface area contributed by atoms with E-state index in [0.29, 0.717) is 17.8 Å². The first kappa shape index (κ1) is 12.3. The minimum atomic E-state index is -0.165. The molecule has 2 heterocycles. The van der Waals surface area contributed by atoms with Crippen LogP contribution in [0.1, 0.15) is 21.7 Å². The zero-order chi connectivity index (χ0) is 13.0. The zero-order valence-electron chi connectivity index (χ0n) is 10.1. The van der Waals surface area contributed by atoms with E-state index in [0.717, 1.165) is 5.69 Å². The number of carbonyl (C=O) groups excluding carboxylic acids is 1. The van der Waals surface area contributed by atoms with Crippen LogP contribution in [0.4, 0.5) is 0 Å². The zero-order valence-corrected chi connectivity index (χ0v) is 10.1. The Labute approximate surface area is 105 Å². The first-order valence-electron chi connectivity index (χ1n) is 5.64. The molecule has 18 heavy (non-hydrogen) atoms. The third-order valence-electron chi connectivity index (χ3n) is 2.64. The molecule has 5 heteroatoms. The molecule has 0 aliphatic rings. The summed E-state index contributed by atoms with van der Waals surface area (Å²) < 4.78 is 0. The van der Waals surface area contributed by atoms with Crippen molar-refractivity contribution in [2.45, 2.75) is 13.2 Å². The molecule has 2 aromatic rings. The lowest BCUT2D eigenvalue weighted by atomic mass is 10.2. The Kier molecular flexibility index (Phi) is 3.74. The maximum absolute atomic E-state index is 12.1. The van der Waals surface area contributed by atoms with Crippen molar-refractivity contribution in [3.05, 3.63) is 53.6 Å². The molecule has 2 rings (SSSR count).